The van der Waals surface area contributed by atoms with Gasteiger partial charge in [0.05, 0.1) is 25.7 Å². The van der Waals surface area contributed by atoms with Crippen LogP contribution < -0.4 is 5.32 Å². The van der Waals surface area contributed by atoms with Crippen LogP contribution in [0.2, 0.25) is 8.67 Å². The molecule has 0 radical (unpaired) electrons. The smallest absolute Gasteiger partial charge is 0.295 e. The van der Waals surface area contributed by atoms with Crippen LogP contribution in [0.4, 0.5) is 15.8 Å². The molecule has 0 aliphatic heterocycles. The molecule has 0 aliphatic carbocycles. The molecule has 0 fully saturated rings. The minimum atomic E-state index is -0.661. The van der Waals surface area contributed by atoms with Crippen molar-refractivity contribution in [3.63, 3.8) is 0 Å². The van der Waals surface area contributed by atoms with Gasteiger partial charge in [0, 0.05) is 5.56 Å². The molecule has 106 valence electrons. The topological polar surface area (TPSA) is 55.2 Å². The number of anilines is 1. The quantitative estimate of drug-likeness (QED) is 0.611. The number of rotatable bonds is 4. The zero-order valence-electron chi connectivity index (χ0n) is 10.2. The molecule has 2 aromatic rings. The van der Waals surface area contributed by atoms with Crippen LogP contribution in [-0.4, -0.2) is 4.92 Å². The summed E-state index contributed by atoms with van der Waals surface area (Å²) < 4.78 is 14.1. The summed E-state index contributed by atoms with van der Waals surface area (Å²) in [4.78, 5) is 10.3. The highest BCUT2D eigenvalue weighted by Crippen LogP contribution is 2.37. The second-order valence-electron chi connectivity index (χ2n) is 4.06. The summed E-state index contributed by atoms with van der Waals surface area (Å²) >= 11 is 13.1. The number of benzene rings is 1. The van der Waals surface area contributed by atoms with Gasteiger partial charge in [-0.15, -0.1) is 11.3 Å². The van der Waals surface area contributed by atoms with E-state index in [1.807, 2.05) is 0 Å². The molecule has 0 amide bonds. The molecule has 1 heterocycles. The molecule has 0 bridgehead atoms. The molecule has 1 unspecified atom stereocenters. The fourth-order valence-corrected chi connectivity index (χ4v) is 3.38. The fourth-order valence-electron chi connectivity index (χ4n) is 1.74. The molecule has 0 saturated carbocycles. The zero-order valence-corrected chi connectivity index (χ0v) is 12.5. The molecule has 0 spiro atoms. The molecule has 1 aromatic heterocycles. The average molecular weight is 335 g/mol. The Morgan fingerprint density at radius 1 is 1.40 bits per heavy atom. The largest absolute Gasteiger partial charge is 0.373 e. The molecule has 1 atom stereocenters. The van der Waals surface area contributed by atoms with Crippen molar-refractivity contribution in [2.75, 3.05) is 5.32 Å². The minimum absolute atomic E-state index is 0.224. The lowest BCUT2D eigenvalue weighted by Crippen LogP contribution is -2.08. The third-order valence-electron chi connectivity index (χ3n) is 2.68. The van der Waals surface area contributed by atoms with Crippen molar-refractivity contribution in [2.45, 2.75) is 13.0 Å². The third-order valence-corrected chi connectivity index (χ3v) is 4.20. The number of hydrogen-bond acceptors (Lipinski definition) is 4. The lowest BCUT2D eigenvalue weighted by molar-refractivity contribution is -0.384. The van der Waals surface area contributed by atoms with Crippen molar-refractivity contribution in [3.8, 4) is 0 Å². The van der Waals surface area contributed by atoms with Gasteiger partial charge < -0.3 is 5.32 Å². The van der Waals surface area contributed by atoms with Crippen LogP contribution in [-0.2, 0) is 0 Å². The van der Waals surface area contributed by atoms with Crippen LogP contribution in [0, 0.1) is 15.9 Å². The van der Waals surface area contributed by atoms with Crippen LogP contribution in [0.1, 0.15) is 18.5 Å². The van der Waals surface area contributed by atoms with Gasteiger partial charge in [-0.25, -0.2) is 4.39 Å². The lowest BCUT2D eigenvalue weighted by Gasteiger charge is -2.14. The monoisotopic (exact) mass is 334 g/mol. The third kappa shape index (κ3) is 3.20. The zero-order chi connectivity index (χ0) is 14.9. The first kappa shape index (κ1) is 15.0. The lowest BCUT2D eigenvalue weighted by atomic mass is 10.1. The summed E-state index contributed by atoms with van der Waals surface area (Å²) in [6.45, 7) is 1.79. The van der Waals surface area contributed by atoms with Crippen LogP contribution in [0.15, 0.2) is 24.3 Å². The van der Waals surface area contributed by atoms with Gasteiger partial charge in [0.1, 0.15) is 11.5 Å². The summed E-state index contributed by atoms with van der Waals surface area (Å²) in [5.41, 5.74) is 0.636. The molecule has 4 nitrogen and oxygen atoms in total. The molecule has 0 saturated heterocycles. The van der Waals surface area contributed by atoms with E-state index >= 15 is 0 Å². The van der Waals surface area contributed by atoms with E-state index in [9.17, 15) is 14.5 Å². The van der Waals surface area contributed by atoms with Crippen molar-refractivity contribution < 1.29 is 9.31 Å². The van der Waals surface area contributed by atoms with Gasteiger partial charge in [-0.05, 0) is 25.1 Å². The summed E-state index contributed by atoms with van der Waals surface area (Å²) in [6, 6.07) is 4.75. The van der Waals surface area contributed by atoms with Gasteiger partial charge in [-0.2, -0.15) is 0 Å². The fraction of sp³-hybridized carbons (Fsp3) is 0.167. The highest BCUT2D eigenvalue weighted by molar-refractivity contribution is 7.20. The van der Waals surface area contributed by atoms with Crippen molar-refractivity contribution in [3.05, 3.63) is 54.4 Å². The molecule has 1 N–H and O–H groups in total. The van der Waals surface area contributed by atoms with Gasteiger partial charge in [0.25, 0.3) is 5.69 Å². The SMILES string of the molecule is CC(Nc1ccc(F)cc1[N+](=O)[O-])c1cc(Cl)sc1Cl. The van der Waals surface area contributed by atoms with Gasteiger partial charge in [-0.3, -0.25) is 10.1 Å². The number of halogens is 3. The number of nitro groups is 1. The Morgan fingerprint density at radius 3 is 2.65 bits per heavy atom. The number of nitrogens with zero attached hydrogens (tertiary/aromatic N) is 1. The van der Waals surface area contributed by atoms with E-state index in [0.717, 1.165) is 17.7 Å². The predicted octanol–water partition coefficient (Wildman–Crippen LogP) is 5.28. The Kier molecular flexibility index (Phi) is 4.47. The molecule has 2 rings (SSSR count). The molecule has 1 aromatic carbocycles. The van der Waals surface area contributed by atoms with E-state index in [4.69, 9.17) is 23.2 Å². The predicted molar refractivity (Wildman–Crippen MR) is 79.4 cm³/mol. The van der Waals surface area contributed by atoms with Gasteiger partial charge in [0.2, 0.25) is 0 Å². The molecule has 20 heavy (non-hydrogen) atoms. The van der Waals surface area contributed by atoms with Gasteiger partial charge >= 0.3 is 0 Å². The number of hydrogen-bond donors (Lipinski definition) is 1. The van der Waals surface area contributed by atoms with E-state index in [1.165, 1.54) is 17.4 Å². The van der Waals surface area contributed by atoms with Gasteiger partial charge in [0.15, 0.2) is 0 Å². The Morgan fingerprint density at radius 2 is 2.10 bits per heavy atom. The Bertz CT molecular complexity index is 663. The Hall–Kier alpha value is -1.37. The maximum absolute atomic E-state index is 13.1. The summed E-state index contributed by atoms with van der Waals surface area (Å²) in [6.07, 6.45) is 0. The first-order chi connectivity index (χ1) is 9.38. The van der Waals surface area contributed by atoms with E-state index in [-0.39, 0.29) is 17.4 Å². The second kappa shape index (κ2) is 5.95. The number of nitro benzene ring substituents is 1. The molecular formula is C12H9Cl2FN2O2S. The van der Waals surface area contributed by atoms with Crippen LogP contribution in [0.25, 0.3) is 0 Å². The first-order valence-electron chi connectivity index (χ1n) is 5.53. The average Bonchev–Trinajstić information content (AvgIpc) is 2.70. The van der Waals surface area contributed by atoms with Crippen molar-refractivity contribution in [2.24, 2.45) is 0 Å². The maximum atomic E-state index is 13.1. The molecular weight excluding hydrogens is 326 g/mol. The van der Waals surface area contributed by atoms with Crippen molar-refractivity contribution in [1.82, 2.24) is 0 Å². The second-order valence-corrected chi connectivity index (χ2v) is 6.35. The summed E-state index contributed by atoms with van der Waals surface area (Å²) in [5.74, 6) is -0.661. The van der Waals surface area contributed by atoms with E-state index in [0.29, 0.717) is 8.67 Å². The highest BCUT2D eigenvalue weighted by atomic mass is 35.5. The molecule has 0 aliphatic rings. The Balaban J connectivity index is 2.30. The summed E-state index contributed by atoms with van der Waals surface area (Å²) in [5, 5.41) is 13.9. The van der Waals surface area contributed by atoms with Crippen LogP contribution in [0.5, 0.6) is 0 Å². The van der Waals surface area contributed by atoms with Crippen LogP contribution >= 0.6 is 34.5 Å². The van der Waals surface area contributed by atoms with E-state index < -0.39 is 10.7 Å². The normalized spacial score (nSPS) is 12.2. The molecule has 8 heteroatoms. The minimum Gasteiger partial charge on any atom is -0.373 e. The van der Waals surface area contributed by atoms with Crippen molar-refractivity contribution in [1.29, 1.82) is 0 Å². The van der Waals surface area contributed by atoms with Crippen molar-refractivity contribution >= 4 is 45.9 Å². The number of nitrogens with one attached hydrogen (secondary N) is 1. The number of thiophene rings is 1. The van der Waals surface area contributed by atoms with E-state index in [1.54, 1.807) is 13.0 Å². The highest BCUT2D eigenvalue weighted by Gasteiger charge is 2.19. The summed E-state index contributed by atoms with van der Waals surface area (Å²) in [7, 11) is 0. The van der Waals surface area contributed by atoms with E-state index in [2.05, 4.69) is 5.32 Å². The maximum Gasteiger partial charge on any atom is 0.295 e. The van der Waals surface area contributed by atoms with Gasteiger partial charge in [-0.1, -0.05) is 23.2 Å². The van der Waals surface area contributed by atoms with Crippen LogP contribution in [0.3, 0.4) is 0 Å². The Labute approximate surface area is 128 Å². The first-order valence-corrected chi connectivity index (χ1v) is 7.11. The standard InChI is InChI=1S/C12H9Cl2FN2O2S/c1-6(8-5-11(13)20-12(8)14)16-9-3-2-7(15)4-10(9)17(18)19/h2-6,16H,1H3.